The van der Waals surface area contributed by atoms with Crippen molar-refractivity contribution in [1.82, 2.24) is 10.3 Å². The van der Waals surface area contributed by atoms with Crippen molar-refractivity contribution in [1.29, 1.82) is 0 Å². The van der Waals surface area contributed by atoms with E-state index in [9.17, 15) is 4.79 Å². The number of furan rings is 1. The van der Waals surface area contributed by atoms with E-state index in [1.807, 2.05) is 18.2 Å². The van der Waals surface area contributed by atoms with Gasteiger partial charge in [-0.1, -0.05) is 11.6 Å². The van der Waals surface area contributed by atoms with E-state index in [4.69, 9.17) is 20.8 Å². The molecule has 0 aliphatic carbocycles. The number of carbonyl (C=O) groups is 1. The maximum absolute atomic E-state index is 11.9. The van der Waals surface area contributed by atoms with Crippen molar-refractivity contribution in [3.63, 3.8) is 0 Å². The van der Waals surface area contributed by atoms with Crippen LogP contribution < -0.4 is 10.1 Å². The molecule has 0 aliphatic heterocycles. The Morgan fingerprint density at radius 2 is 2.04 bits per heavy atom. The van der Waals surface area contributed by atoms with E-state index in [0.717, 1.165) is 11.3 Å². The van der Waals surface area contributed by atoms with Gasteiger partial charge in [0.25, 0.3) is 5.91 Å². The van der Waals surface area contributed by atoms with E-state index >= 15 is 0 Å². The van der Waals surface area contributed by atoms with Gasteiger partial charge in [0.05, 0.1) is 6.26 Å². The monoisotopic (exact) mass is 342 g/mol. The van der Waals surface area contributed by atoms with Crippen LogP contribution in [0.15, 0.2) is 65.4 Å². The molecule has 0 saturated carbocycles. The average molecular weight is 343 g/mol. The molecule has 2 heterocycles. The number of benzene rings is 1. The number of halogens is 1. The van der Waals surface area contributed by atoms with Gasteiger partial charge in [-0.3, -0.25) is 9.78 Å². The minimum atomic E-state index is -0.207. The second kappa shape index (κ2) is 7.66. The van der Waals surface area contributed by atoms with Crippen LogP contribution in [0.1, 0.15) is 5.56 Å². The number of nitrogens with one attached hydrogen (secondary N) is 1. The molecule has 5 nitrogen and oxygen atoms in total. The van der Waals surface area contributed by atoms with Crippen LogP contribution in [0, 0.1) is 0 Å². The average Bonchev–Trinajstić information content (AvgIpc) is 3.14. The van der Waals surface area contributed by atoms with E-state index in [-0.39, 0.29) is 12.5 Å². The molecule has 0 bridgehead atoms. The lowest BCUT2D eigenvalue weighted by Gasteiger charge is -2.08. The topological polar surface area (TPSA) is 64.4 Å². The van der Waals surface area contributed by atoms with Gasteiger partial charge in [-0.2, -0.15) is 0 Å². The SMILES string of the molecule is O=C(COc1ccc(Cl)cc1)NCc1ccnc(-c2ccco2)c1. The van der Waals surface area contributed by atoms with Gasteiger partial charge in [-0.15, -0.1) is 0 Å². The predicted molar refractivity (Wildman–Crippen MR) is 90.7 cm³/mol. The third-order valence-corrected chi connectivity index (χ3v) is 3.52. The van der Waals surface area contributed by atoms with Crippen molar-refractivity contribution in [2.45, 2.75) is 6.54 Å². The summed E-state index contributed by atoms with van der Waals surface area (Å²) in [5.74, 6) is 1.08. The highest BCUT2D eigenvalue weighted by Gasteiger charge is 2.06. The molecule has 1 N–H and O–H groups in total. The molecular weight excluding hydrogens is 328 g/mol. The Morgan fingerprint density at radius 3 is 2.79 bits per heavy atom. The van der Waals surface area contributed by atoms with Gasteiger partial charge in [-0.25, -0.2) is 0 Å². The van der Waals surface area contributed by atoms with E-state index in [1.54, 1.807) is 42.8 Å². The van der Waals surface area contributed by atoms with Gasteiger partial charge >= 0.3 is 0 Å². The van der Waals surface area contributed by atoms with Crippen molar-refractivity contribution in [2.75, 3.05) is 6.61 Å². The number of ether oxygens (including phenoxy) is 1. The maximum atomic E-state index is 11.9. The molecule has 6 heteroatoms. The molecule has 0 spiro atoms. The summed E-state index contributed by atoms with van der Waals surface area (Å²) in [4.78, 5) is 16.1. The summed E-state index contributed by atoms with van der Waals surface area (Å²) in [6.07, 6.45) is 3.28. The fourth-order valence-corrected chi connectivity index (χ4v) is 2.20. The second-order valence-corrected chi connectivity index (χ2v) is 5.48. The quantitative estimate of drug-likeness (QED) is 0.742. The minimum absolute atomic E-state index is 0.0578. The number of nitrogens with zero attached hydrogens (tertiary/aromatic N) is 1. The lowest BCUT2D eigenvalue weighted by atomic mass is 10.2. The number of hydrogen-bond acceptors (Lipinski definition) is 4. The zero-order valence-corrected chi connectivity index (χ0v) is 13.5. The molecule has 122 valence electrons. The smallest absolute Gasteiger partial charge is 0.258 e. The summed E-state index contributed by atoms with van der Waals surface area (Å²) in [6, 6.07) is 14.2. The zero-order valence-electron chi connectivity index (χ0n) is 12.7. The van der Waals surface area contributed by atoms with Gasteiger partial charge < -0.3 is 14.5 Å². The Bertz CT molecular complexity index is 801. The van der Waals surface area contributed by atoms with Crippen molar-refractivity contribution >= 4 is 17.5 Å². The summed E-state index contributed by atoms with van der Waals surface area (Å²) in [7, 11) is 0. The van der Waals surface area contributed by atoms with Crippen LogP contribution in [0.25, 0.3) is 11.5 Å². The first-order valence-corrected chi connectivity index (χ1v) is 7.72. The van der Waals surface area contributed by atoms with Crippen LogP contribution in [-0.2, 0) is 11.3 Å². The molecule has 0 aliphatic rings. The lowest BCUT2D eigenvalue weighted by molar-refractivity contribution is -0.123. The predicted octanol–water partition coefficient (Wildman–Crippen LogP) is 3.69. The molecule has 24 heavy (non-hydrogen) atoms. The Morgan fingerprint density at radius 1 is 1.21 bits per heavy atom. The van der Waals surface area contributed by atoms with Crippen LogP contribution in [0.5, 0.6) is 5.75 Å². The van der Waals surface area contributed by atoms with Gasteiger partial charge in [0.1, 0.15) is 11.4 Å². The molecule has 1 aromatic carbocycles. The molecule has 0 radical (unpaired) electrons. The molecule has 0 fully saturated rings. The Kier molecular flexibility index (Phi) is 5.13. The van der Waals surface area contributed by atoms with Crippen LogP contribution in [0.3, 0.4) is 0 Å². The Labute approximate surface area is 144 Å². The largest absolute Gasteiger partial charge is 0.484 e. The molecule has 2 aromatic heterocycles. The number of hydrogen-bond donors (Lipinski definition) is 1. The highest BCUT2D eigenvalue weighted by molar-refractivity contribution is 6.30. The molecule has 3 aromatic rings. The number of carbonyl (C=O) groups excluding carboxylic acids is 1. The van der Waals surface area contributed by atoms with Gasteiger partial charge in [0.2, 0.25) is 0 Å². The third kappa shape index (κ3) is 4.36. The van der Waals surface area contributed by atoms with Crippen molar-refractivity contribution in [3.05, 3.63) is 71.6 Å². The Balaban J connectivity index is 1.51. The first kappa shape index (κ1) is 16.1. The van der Waals surface area contributed by atoms with Gasteiger partial charge in [-0.05, 0) is 54.1 Å². The highest BCUT2D eigenvalue weighted by atomic mass is 35.5. The second-order valence-electron chi connectivity index (χ2n) is 5.05. The zero-order chi connectivity index (χ0) is 16.8. The van der Waals surface area contributed by atoms with E-state index < -0.39 is 0 Å². The van der Waals surface area contributed by atoms with Crippen LogP contribution in [-0.4, -0.2) is 17.5 Å². The number of aromatic nitrogens is 1. The first-order chi connectivity index (χ1) is 11.7. The molecule has 0 atom stereocenters. The summed E-state index contributed by atoms with van der Waals surface area (Å²) in [5, 5.41) is 3.43. The minimum Gasteiger partial charge on any atom is -0.484 e. The fraction of sp³-hybridized carbons (Fsp3) is 0.111. The normalized spacial score (nSPS) is 10.4. The third-order valence-electron chi connectivity index (χ3n) is 3.27. The molecule has 0 unspecified atom stereocenters. The van der Waals surface area contributed by atoms with Crippen molar-refractivity contribution in [3.8, 4) is 17.2 Å². The van der Waals surface area contributed by atoms with Gasteiger partial charge in [0.15, 0.2) is 12.4 Å². The summed E-state index contributed by atoms with van der Waals surface area (Å²) < 4.78 is 10.7. The van der Waals surface area contributed by atoms with Crippen LogP contribution >= 0.6 is 11.6 Å². The van der Waals surface area contributed by atoms with Crippen LogP contribution in [0.4, 0.5) is 0 Å². The summed E-state index contributed by atoms with van der Waals surface area (Å²) >= 11 is 5.80. The summed E-state index contributed by atoms with van der Waals surface area (Å²) in [6.45, 7) is 0.330. The van der Waals surface area contributed by atoms with Crippen molar-refractivity contribution < 1.29 is 13.9 Å². The standard InChI is InChI=1S/C18H15ClN2O3/c19-14-3-5-15(6-4-14)24-12-18(22)21-11-13-7-8-20-16(10-13)17-2-1-9-23-17/h1-10H,11-12H2,(H,21,22). The maximum Gasteiger partial charge on any atom is 0.258 e. The number of amides is 1. The highest BCUT2D eigenvalue weighted by Crippen LogP contribution is 2.18. The number of pyridine rings is 1. The molecular formula is C18H15ClN2O3. The number of rotatable bonds is 6. The van der Waals surface area contributed by atoms with E-state index in [0.29, 0.717) is 23.1 Å². The Hall–Kier alpha value is -2.79. The first-order valence-electron chi connectivity index (χ1n) is 7.34. The van der Waals surface area contributed by atoms with Gasteiger partial charge in [0, 0.05) is 17.8 Å². The van der Waals surface area contributed by atoms with Crippen LogP contribution in [0.2, 0.25) is 5.02 Å². The molecule has 3 rings (SSSR count). The lowest BCUT2D eigenvalue weighted by Crippen LogP contribution is -2.28. The van der Waals surface area contributed by atoms with E-state index in [1.165, 1.54) is 0 Å². The fourth-order valence-electron chi connectivity index (χ4n) is 2.07. The van der Waals surface area contributed by atoms with Crippen molar-refractivity contribution in [2.24, 2.45) is 0 Å². The van der Waals surface area contributed by atoms with E-state index in [2.05, 4.69) is 10.3 Å². The molecule has 0 saturated heterocycles. The summed E-state index contributed by atoms with van der Waals surface area (Å²) in [5.41, 5.74) is 1.65. The molecule has 1 amide bonds.